The minimum atomic E-state index is -1.17. The summed E-state index contributed by atoms with van der Waals surface area (Å²) in [4.78, 5) is 0. The normalized spacial score (nSPS) is 12.1. The molecule has 1 aromatic rings. The molecule has 0 aromatic heterocycles. The maximum absolute atomic E-state index is 2.70. The zero-order valence-electron chi connectivity index (χ0n) is 11.2. The van der Waals surface area contributed by atoms with Crippen LogP contribution < -0.4 is 0 Å². The van der Waals surface area contributed by atoms with E-state index in [1.54, 1.807) is 0 Å². The summed E-state index contributed by atoms with van der Waals surface area (Å²) in [5.74, 6) is 0. The molecule has 0 amide bonds. The maximum Gasteiger partial charge on any atom is 0.119 e. The molecule has 2 heteroatoms. The summed E-state index contributed by atoms with van der Waals surface area (Å²) in [6, 6.07) is 10.8. The number of rotatable bonds is 6. The Bertz CT molecular complexity index is 289. The van der Waals surface area contributed by atoms with Crippen LogP contribution in [0.5, 0.6) is 0 Å². The van der Waals surface area contributed by atoms with Crippen molar-refractivity contribution in [3.63, 3.8) is 0 Å². The van der Waals surface area contributed by atoms with E-state index in [2.05, 4.69) is 61.5 Å². The van der Waals surface area contributed by atoms with Crippen molar-refractivity contribution in [3.8, 4) is 0 Å². The van der Waals surface area contributed by atoms with Crippen molar-refractivity contribution in [2.45, 2.75) is 46.0 Å². The molecule has 0 unspecified atom stereocenters. The Labute approximate surface area is 102 Å². The van der Waals surface area contributed by atoms with Crippen LogP contribution in [0.15, 0.2) is 30.3 Å². The molecule has 0 aliphatic carbocycles. The van der Waals surface area contributed by atoms with E-state index in [9.17, 15) is 0 Å². The van der Waals surface area contributed by atoms with Gasteiger partial charge in [0.25, 0.3) is 0 Å². The molecule has 0 aliphatic heterocycles. The van der Waals surface area contributed by atoms with Gasteiger partial charge in [-0.2, -0.15) is 0 Å². The van der Waals surface area contributed by atoms with E-state index in [1.807, 2.05) is 0 Å². The van der Waals surface area contributed by atoms with Crippen LogP contribution in [-0.2, 0) is 6.54 Å². The molecule has 0 fully saturated rings. The second-order valence-corrected chi connectivity index (χ2v) is 10.4. The van der Waals surface area contributed by atoms with Gasteiger partial charge in [-0.05, 0) is 18.5 Å². The van der Waals surface area contributed by atoms with Crippen LogP contribution in [0.25, 0.3) is 0 Å². The van der Waals surface area contributed by atoms with Gasteiger partial charge < -0.3 is 4.57 Å². The Kier molecular flexibility index (Phi) is 5.23. The van der Waals surface area contributed by atoms with Gasteiger partial charge in [-0.3, -0.25) is 0 Å². The molecule has 0 saturated carbocycles. The van der Waals surface area contributed by atoms with E-state index in [1.165, 1.54) is 24.9 Å². The van der Waals surface area contributed by atoms with Gasteiger partial charge in [0.05, 0.1) is 0 Å². The summed E-state index contributed by atoms with van der Waals surface area (Å²) in [7, 11) is -1.17. The van der Waals surface area contributed by atoms with Crippen LogP contribution in [-0.4, -0.2) is 19.3 Å². The predicted octanol–water partition coefficient (Wildman–Crippen LogP) is 4.12. The SMILES string of the molecule is CCCCN(Cc1ccccc1)[Si](C)(C)C. The Balaban J connectivity index is 2.64. The molecule has 0 aliphatic rings. The highest BCUT2D eigenvalue weighted by molar-refractivity contribution is 6.73. The average Bonchev–Trinajstić information content (AvgIpc) is 2.24. The minimum absolute atomic E-state index is 1.12. The van der Waals surface area contributed by atoms with E-state index in [0.717, 1.165) is 6.54 Å². The van der Waals surface area contributed by atoms with Crippen molar-refractivity contribution < 1.29 is 0 Å². The second kappa shape index (κ2) is 6.21. The Morgan fingerprint density at radius 1 is 1.06 bits per heavy atom. The summed E-state index contributed by atoms with van der Waals surface area (Å²) < 4.78 is 2.70. The van der Waals surface area contributed by atoms with E-state index in [4.69, 9.17) is 0 Å². The zero-order chi connectivity index (χ0) is 12.0. The largest absolute Gasteiger partial charge is 0.320 e. The first-order valence-electron chi connectivity index (χ1n) is 6.33. The van der Waals surface area contributed by atoms with Crippen LogP contribution in [0.2, 0.25) is 19.6 Å². The van der Waals surface area contributed by atoms with Gasteiger partial charge in [0.15, 0.2) is 0 Å². The van der Waals surface area contributed by atoms with Crippen molar-refractivity contribution in [3.05, 3.63) is 35.9 Å². The smallest absolute Gasteiger partial charge is 0.119 e. The van der Waals surface area contributed by atoms with Crippen LogP contribution in [0.4, 0.5) is 0 Å². The number of nitrogens with zero attached hydrogens (tertiary/aromatic N) is 1. The summed E-state index contributed by atoms with van der Waals surface area (Å²) in [5, 5.41) is 0. The minimum Gasteiger partial charge on any atom is -0.320 e. The third kappa shape index (κ3) is 4.50. The van der Waals surface area contributed by atoms with Gasteiger partial charge in [-0.25, -0.2) is 0 Å². The molecule has 0 atom stereocenters. The molecule has 1 rings (SSSR count). The van der Waals surface area contributed by atoms with Crippen molar-refractivity contribution in [1.82, 2.24) is 4.57 Å². The fourth-order valence-electron chi connectivity index (χ4n) is 1.80. The average molecular weight is 235 g/mol. The quantitative estimate of drug-likeness (QED) is 0.670. The topological polar surface area (TPSA) is 3.24 Å². The highest BCUT2D eigenvalue weighted by Gasteiger charge is 2.22. The first-order valence-corrected chi connectivity index (χ1v) is 9.77. The molecule has 0 radical (unpaired) electrons. The summed E-state index contributed by atoms with van der Waals surface area (Å²) in [6.07, 6.45) is 2.60. The van der Waals surface area contributed by atoms with E-state index in [0.29, 0.717) is 0 Å². The number of unbranched alkanes of at least 4 members (excludes halogenated alkanes) is 1. The van der Waals surface area contributed by atoms with E-state index in [-0.39, 0.29) is 0 Å². The molecule has 1 nitrogen and oxygen atoms in total. The zero-order valence-corrected chi connectivity index (χ0v) is 12.2. The molecule has 0 heterocycles. The first kappa shape index (κ1) is 13.5. The van der Waals surface area contributed by atoms with Crippen molar-refractivity contribution in [2.24, 2.45) is 0 Å². The van der Waals surface area contributed by atoms with Gasteiger partial charge in [0.2, 0.25) is 0 Å². The van der Waals surface area contributed by atoms with Gasteiger partial charge in [0, 0.05) is 6.54 Å². The third-order valence-electron chi connectivity index (χ3n) is 2.95. The maximum atomic E-state index is 2.70. The Morgan fingerprint density at radius 2 is 1.69 bits per heavy atom. The number of benzene rings is 1. The first-order chi connectivity index (χ1) is 7.54. The van der Waals surface area contributed by atoms with Crippen molar-refractivity contribution >= 4 is 8.24 Å². The molecule has 0 bridgehead atoms. The lowest BCUT2D eigenvalue weighted by Crippen LogP contribution is -2.45. The number of hydrogen-bond acceptors (Lipinski definition) is 1. The summed E-state index contributed by atoms with van der Waals surface area (Å²) in [6.45, 7) is 11.9. The van der Waals surface area contributed by atoms with Gasteiger partial charge in [0.1, 0.15) is 8.24 Å². The highest BCUT2D eigenvalue weighted by atomic mass is 28.3. The molecule has 0 saturated heterocycles. The lowest BCUT2D eigenvalue weighted by molar-refractivity contribution is 0.406. The van der Waals surface area contributed by atoms with Crippen LogP contribution in [0, 0.1) is 0 Å². The summed E-state index contributed by atoms with van der Waals surface area (Å²) in [5.41, 5.74) is 1.45. The van der Waals surface area contributed by atoms with Crippen LogP contribution in [0.3, 0.4) is 0 Å². The van der Waals surface area contributed by atoms with Gasteiger partial charge in [-0.15, -0.1) is 0 Å². The molecule has 90 valence electrons. The molecular weight excluding hydrogens is 210 g/mol. The Hall–Kier alpha value is -0.603. The predicted molar refractivity (Wildman–Crippen MR) is 75.1 cm³/mol. The van der Waals surface area contributed by atoms with E-state index < -0.39 is 8.24 Å². The molecule has 0 N–H and O–H groups in total. The standard InChI is InChI=1S/C14H25NSi/c1-5-6-12-15(16(2,3)4)13-14-10-8-7-9-11-14/h7-11H,5-6,12-13H2,1-4H3. The van der Waals surface area contributed by atoms with Crippen LogP contribution >= 0.6 is 0 Å². The van der Waals surface area contributed by atoms with Crippen LogP contribution in [0.1, 0.15) is 25.3 Å². The van der Waals surface area contributed by atoms with E-state index >= 15 is 0 Å². The van der Waals surface area contributed by atoms with Crippen molar-refractivity contribution in [2.75, 3.05) is 6.54 Å². The van der Waals surface area contributed by atoms with Gasteiger partial charge in [-0.1, -0.05) is 63.3 Å². The number of hydrogen-bond donors (Lipinski definition) is 0. The fourth-order valence-corrected chi connectivity index (χ4v) is 3.29. The second-order valence-electron chi connectivity index (χ2n) is 5.43. The third-order valence-corrected chi connectivity index (χ3v) is 5.23. The molecule has 1 aromatic carbocycles. The Morgan fingerprint density at radius 3 is 2.19 bits per heavy atom. The molecular formula is C14H25NSi. The van der Waals surface area contributed by atoms with Gasteiger partial charge >= 0.3 is 0 Å². The monoisotopic (exact) mass is 235 g/mol. The fraction of sp³-hybridized carbons (Fsp3) is 0.571. The lowest BCUT2D eigenvalue weighted by atomic mass is 10.2. The molecule has 16 heavy (non-hydrogen) atoms. The highest BCUT2D eigenvalue weighted by Crippen LogP contribution is 2.15. The van der Waals surface area contributed by atoms with Crippen molar-refractivity contribution in [1.29, 1.82) is 0 Å². The molecule has 0 spiro atoms. The lowest BCUT2D eigenvalue weighted by Gasteiger charge is -2.34. The summed E-state index contributed by atoms with van der Waals surface area (Å²) >= 11 is 0.